The zero-order chi connectivity index (χ0) is 15.3. The first-order valence-electron chi connectivity index (χ1n) is 5.51. The van der Waals surface area contributed by atoms with E-state index in [1.165, 1.54) is 25.3 Å². The SMILES string of the molecule is COC.COc1ccc2[nH]c(C(F)(F)F)c(C=O)c2c1. The van der Waals surface area contributed by atoms with Gasteiger partial charge >= 0.3 is 6.18 Å². The highest BCUT2D eigenvalue weighted by Gasteiger charge is 2.36. The van der Waals surface area contributed by atoms with Crippen molar-refractivity contribution >= 4 is 17.2 Å². The third kappa shape index (κ3) is 3.30. The number of hydrogen-bond donors (Lipinski definition) is 1. The van der Waals surface area contributed by atoms with Gasteiger partial charge in [0.15, 0.2) is 6.29 Å². The number of carbonyl (C=O) groups excluding carboxylic acids is 1. The van der Waals surface area contributed by atoms with Crippen LogP contribution in [0.15, 0.2) is 18.2 Å². The predicted molar refractivity (Wildman–Crippen MR) is 68.2 cm³/mol. The smallest absolute Gasteiger partial charge is 0.431 e. The molecule has 0 aliphatic carbocycles. The number of hydrogen-bond acceptors (Lipinski definition) is 3. The lowest BCUT2D eigenvalue weighted by atomic mass is 10.1. The lowest BCUT2D eigenvalue weighted by Gasteiger charge is -2.03. The zero-order valence-electron chi connectivity index (χ0n) is 11.2. The number of aromatic nitrogens is 1. The highest BCUT2D eigenvalue weighted by atomic mass is 19.4. The van der Waals surface area contributed by atoms with Crippen molar-refractivity contribution in [1.29, 1.82) is 0 Å². The summed E-state index contributed by atoms with van der Waals surface area (Å²) in [5.74, 6) is 0.397. The van der Waals surface area contributed by atoms with Crippen LogP contribution in [0.4, 0.5) is 13.2 Å². The van der Waals surface area contributed by atoms with Crippen LogP contribution in [0.1, 0.15) is 16.1 Å². The summed E-state index contributed by atoms with van der Waals surface area (Å²) in [5, 5.41) is 0.201. The number of alkyl halides is 3. The molecule has 1 aromatic heterocycles. The summed E-state index contributed by atoms with van der Waals surface area (Å²) >= 11 is 0. The van der Waals surface area contributed by atoms with Gasteiger partial charge in [-0.3, -0.25) is 4.79 Å². The lowest BCUT2D eigenvalue weighted by Crippen LogP contribution is -2.08. The van der Waals surface area contributed by atoms with Crippen molar-refractivity contribution in [3.8, 4) is 5.75 Å². The Bertz CT molecular complexity index is 590. The number of carbonyl (C=O) groups is 1. The Hall–Kier alpha value is -2.02. The number of ether oxygens (including phenoxy) is 2. The topological polar surface area (TPSA) is 51.3 Å². The van der Waals surface area contributed by atoms with Crippen LogP contribution in [-0.2, 0) is 10.9 Å². The van der Waals surface area contributed by atoms with Crippen molar-refractivity contribution in [2.45, 2.75) is 6.18 Å². The molecular formula is C13H14F3NO3. The summed E-state index contributed by atoms with van der Waals surface area (Å²) in [6.45, 7) is 0. The van der Waals surface area contributed by atoms with Crippen LogP contribution in [0.3, 0.4) is 0 Å². The predicted octanol–water partition coefficient (Wildman–Crippen LogP) is 3.27. The van der Waals surface area contributed by atoms with Gasteiger partial charge < -0.3 is 14.5 Å². The maximum atomic E-state index is 12.6. The first kappa shape index (κ1) is 16.0. The van der Waals surface area contributed by atoms with Gasteiger partial charge in [-0.2, -0.15) is 13.2 Å². The Morgan fingerprint density at radius 1 is 1.20 bits per heavy atom. The fourth-order valence-corrected chi connectivity index (χ4v) is 1.66. The number of H-pyrrole nitrogens is 1. The average Bonchev–Trinajstić information content (AvgIpc) is 2.77. The molecule has 0 spiro atoms. The van der Waals surface area contributed by atoms with Crippen LogP contribution < -0.4 is 4.74 Å². The number of rotatable bonds is 2. The molecule has 0 aliphatic heterocycles. The quantitative estimate of drug-likeness (QED) is 0.863. The van der Waals surface area contributed by atoms with Crippen molar-refractivity contribution < 1.29 is 27.4 Å². The molecule has 7 heteroatoms. The third-order valence-corrected chi connectivity index (χ3v) is 2.45. The maximum absolute atomic E-state index is 12.6. The van der Waals surface area contributed by atoms with E-state index in [1.807, 2.05) is 0 Å². The third-order valence-electron chi connectivity index (χ3n) is 2.45. The van der Waals surface area contributed by atoms with E-state index in [0.717, 1.165) is 0 Å². The maximum Gasteiger partial charge on any atom is 0.431 e. The first-order chi connectivity index (χ1) is 9.38. The van der Waals surface area contributed by atoms with Crippen LogP contribution in [0.25, 0.3) is 10.9 Å². The second-order valence-electron chi connectivity index (χ2n) is 3.85. The van der Waals surface area contributed by atoms with Gasteiger partial charge in [-0.05, 0) is 18.2 Å². The van der Waals surface area contributed by atoms with Crippen LogP contribution in [0.2, 0.25) is 0 Å². The van der Waals surface area contributed by atoms with Crippen LogP contribution >= 0.6 is 0 Å². The molecular weight excluding hydrogens is 275 g/mol. The highest BCUT2D eigenvalue weighted by molar-refractivity contribution is 5.99. The monoisotopic (exact) mass is 289 g/mol. The Labute approximate surface area is 113 Å². The molecule has 0 fully saturated rings. The van der Waals surface area contributed by atoms with Gasteiger partial charge in [0.05, 0.1) is 12.7 Å². The molecule has 2 aromatic rings. The van der Waals surface area contributed by atoms with E-state index >= 15 is 0 Å². The Balaban J connectivity index is 0.000000612. The van der Waals surface area contributed by atoms with Gasteiger partial charge in [0, 0.05) is 25.1 Å². The van der Waals surface area contributed by atoms with E-state index in [9.17, 15) is 18.0 Å². The van der Waals surface area contributed by atoms with Crippen molar-refractivity contribution in [3.63, 3.8) is 0 Å². The van der Waals surface area contributed by atoms with E-state index in [-0.39, 0.29) is 17.2 Å². The Morgan fingerprint density at radius 2 is 1.80 bits per heavy atom. The molecule has 2 rings (SSSR count). The van der Waals surface area contributed by atoms with Crippen LogP contribution in [0, 0.1) is 0 Å². The molecule has 0 bridgehead atoms. The second kappa shape index (κ2) is 6.42. The van der Waals surface area contributed by atoms with Crippen molar-refractivity contribution in [1.82, 2.24) is 4.98 Å². The largest absolute Gasteiger partial charge is 0.497 e. The van der Waals surface area contributed by atoms with Crippen LogP contribution in [-0.4, -0.2) is 32.6 Å². The van der Waals surface area contributed by atoms with Crippen molar-refractivity contribution in [2.24, 2.45) is 0 Å². The number of aromatic amines is 1. The van der Waals surface area contributed by atoms with E-state index in [4.69, 9.17) is 4.74 Å². The fourth-order valence-electron chi connectivity index (χ4n) is 1.66. The lowest BCUT2D eigenvalue weighted by molar-refractivity contribution is -0.140. The Morgan fingerprint density at radius 3 is 2.25 bits per heavy atom. The van der Waals surface area contributed by atoms with E-state index in [2.05, 4.69) is 9.72 Å². The fraction of sp³-hybridized carbons (Fsp3) is 0.308. The molecule has 0 radical (unpaired) electrons. The molecule has 110 valence electrons. The van der Waals surface area contributed by atoms with Gasteiger partial charge in [0.25, 0.3) is 0 Å². The summed E-state index contributed by atoms with van der Waals surface area (Å²) in [4.78, 5) is 13.0. The summed E-state index contributed by atoms with van der Waals surface area (Å²) in [6.07, 6.45) is -4.39. The number of halogens is 3. The number of aldehydes is 1. The summed E-state index contributed by atoms with van der Waals surface area (Å²) in [6, 6.07) is 4.36. The number of nitrogens with one attached hydrogen (secondary N) is 1. The minimum atomic E-state index is -4.58. The van der Waals surface area contributed by atoms with Gasteiger partial charge in [0.1, 0.15) is 11.4 Å². The normalized spacial score (nSPS) is 10.9. The first-order valence-corrected chi connectivity index (χ1v) is 5.51. The zero-order valence-corrected chi connectivity index (χ0v) is 11.2. The van der Waals surface area contributed by atoms with Crippen molar-refractivity contribution in [2.75, 3.05) is 21.3 Å². The molecule has 0 aliphatic rings. The summed E-state index contributed by atoms with van der Waals surface area (Å²) in [7, 11) is 4.65. The van der Waals surface area contributed by atoms with Crippen molar-refractivity contribution in [3.05, 3.63) is 29.5 Å². The molecule has 20 heavy (non-hydrogen) atoms. The molecule has 0 atom stereocenters. The van der Waals surface area contributed by atoms with Gasteiger partial charge in [-0.1, -0.05) is 0 Å². The molecule has 4 nitrogen and oxygen atoms in total. The van der Waals surface area contributed by atoms with Gasteiger partial charge in [-0.25, -0.2) is 0 Å². The molecule has 1 N–H and O–H groups in total. The molecule has 0 unspecified atom stereocenters. The highest BCUT2D eigenvalue weighted by Crippen LogP contribution is 2.35. The minimum absolute atomic E-state index is 0.196. The second-order valence-corrected chi connectivity index (χ2v) is 3.85. The van der Waals surface area contributed by atoms with E-state index in [0.29, 0.717) is 5.75 Å². The standard InChI is InChI=1S/C11H8F3NO2.C2H6O/c1-17-6-2-3-9-7(4-6)8(5-16)10(15-9)11(12,13)14;1-3-2/h2-5,15H,1H3;1-2H3. The summed E-state index contributed by atoms with van der Waals surface area (Å²) in [5.41, 5.74) is -1.18. The molecule has 0 saturated carbocycles. The van der Waals surface area contributed by atoms with Crippen LogP contribution in [0.5, 0.6) is 5.75 Å². The number of methoxy groups -OCH3 is 2. The summed E-state index contributed by atoms with van der Waals surface area (Å²) < 4.78 is 47.1. The molecule has 0 amide bonds. The number of benzene rings is 1. The van der Waals surface area contributed by atoms with E-state index in [1.54, 1.807) is 14.2 Å². The molecule has 0 saturated heterocycles. The molecule has 1 heterocycles. The van der Waals surface area contributed by atoms with E-state index < -0.39 is 17.4 Å². The average molecular weight is 289 g/mol. The van der Waals surface area contributed by atoms with Gasteiger partial charge in [0.2, 0.25) is 0 Å². The Kier molecular flexibility index (Phi) is 5.15. The minimum Gasteiger partial charge on any atom is -0.497 e. The molecule has 1 aromatic carbocycles. The number of fused-ring (bicyclic) bond motifs is 1. The van der Waals surface area contributed by atoms with Gasteiger partial charge in [-0.15, -0.1) is 0 Å².